The Bertz CT molecular complexity index is 581. The Morgan fingerprint density at radius 3 is 2.55 bits per heavy atom. The van der Waals surface area contributed by atoms with E-state index in [2.05, 4.69) is 60.6 Å². The Hall–Kier alpha value is -1.79. The van der Waals surface area contributed by atoms with Gasteiger partial charge in [-0.2, -0.15) is 0 Å². The second kappa shape index (κ2) is 13.4. The lowest BCUT2D eigenvalue weighted by atomic mass is 9.97. The van der Waals surface area contributed by atoms with E-state index in [1.54, 1.807) is 0 Å². The van der Waals surface area contributed by atoms with Crippen molar-refractivity contribution in [2.75, 3.05) is 50.9 Å². The number of aliphatic imine (C=N–C) groups is 1. The molecule has 0 unspecified atom stereocenters. The highest BCUT2D eigenvalue weighted by Gasteiger charge is 2.18. The Balaban J connectivity index is 1.76. The molecule has 1 aromatic rings. The Morgan fingerprint density at radius 2 is 1.93 bits per heavy atom. The molecule has 2 rings (SSSR count). The molecule has 3 N–H and O–H groups in total. The first-order valence-electron chi connectivity index (χ1n) is 11.2. The number of nitrogens with zero attached hydrogens (tertiary/aromatic N) is 2. The molecule has 1 heterocycles. The van der Waals surface area contributed by atoms with Gasteiger partial charge in [0.25, 0.3) is 0 Å². The summed E-state index contributed by atoms with van der Waals surface area (Å²) in [6.45, 7) is 12.7. The van der Waals surface area contributed by atoms with Gasteiger partial charge in [0.15, 0.2) is 5.96 Å². The Kier molecular flexibility index (Phi) is 10.9. The van der Waals surface area contributed by atoms with E-state index in [4.69, 9.17) is 9.73 Å². The number of piperidine rings is 1. The van der Waals surface area contributed by atoms with Gasteiger partial charge in [-0.3, -0.25) is 0 Å². The van der Waals surface area contributed by atoms with Crippen molar-refractivity contribution in [3.05, 3.63) is 29.8 Å². The summed E-state index contributed by atoms with van der Waals surface area (Å²) in [4.78, 5) is 7.11. The van der Waals surface area contributed by atoms with Crippen LogP contribution in [0.3, 0.4) is 0 Å². The van der Waals surface area contributed by atoms with Crippen LogP contribution >= 0.6 is 0 Å². The van der Waals surface area contributed by atoms with E-state index in [0.29, 0.717) is 25.0 Å². The highest BCUT2D eigenvalue weighted by atomic mass is 16.5. The number of anilines is 1. The van der Waals surface area contributed by atoms with Crippen molar-refractivity contribution in [1.82, 2.24) is 10.6 Å². The molecule has 0 radical (unpaired) electrons. The molecule has 0 atom stereocenters. The predicted octanol–water partition coefficient (Wildman–Crippen LogP) is 3.01. The molecular formula is C23H40N4O2. The maximum atomic E-state index is 9.29. The maximum absolute atomic E-state index is 9.29. The minimum Gasteiger partial charge on any atom is -0.396 e. The van der Waals surface area contributed by atoms with Crippen molar-refractivity contribution in [2.24, 2.45) is 16.8 Å². The van der Waals surface area contributed by atoms with Crippen LogP contribution in [0.4, 0.5) is 5.69 Å². The van der Waals surface area contributed by atoms with Gasteiger partial charge in [-0.05, 0) is 55.7 Å². The smallest absolute Gasteiger partial charge is 0.191 e. The van der Waals surface area contributed by atoms with Gasteiger partial charge in [0.05, 0.1) is 6.54 Å². The molecule has 6 heteroatoms. The number of guanidine groups is 1. The van der Waals surface area contributed by atoms with Crippen LogP contribution in [0.2, 0.25) is 0 Å². The topological polar surface area (TPSA) is 69.1 Å². The number of nitrogens with one attached hydrogen (secondary N) is 2. The van der Waals surface area contributed by atoms with Crippen molar-refractivity contribution in [2.45, 2.75) is 46.6 Å². The lowest BCUT2D eigenvalue weighted by Crippen LogP contribution is -2.38. The monoisotopic (exact) mass is 404 g/mol. The summed E-state index contributed by atoms with van der Waals surface area (Å²) in [6, 6.07) is 8.72. The number of rotatable bonds is 11. The first-order chi connectivity index (χ1) is 14.1. The quantitative estimate of drug-likeness (QED) is 0.300. The highest BCUT2D eigenvalue weighted by molar-refractivity contribution is 5.79. The summed E-state index contributed by atoms with van der Waals surface area (Å²) in [5.74, 6) is 1.91. The number of hydrogen-bond acceptors (Lipinski definition) is 4. The van der Waals surface area contributed by atoms with Crippen LogP contribution in [0.1, 0.15) is 45.6 Å². The fourth-order valence-corrected chi connectivity index (χ4v) is 3.40. The zero-order chi connectivity index (χ0) is 20.9. The summed E-state index contributed by atoms with van der Waals surface area (Å²) in [5.41, 5.74) is 2.47. The van der Waals surface area contributed by atoms with E-state index in [9.17, 15) is 5.11 Å². The molecule has 29 heavy (non-hydrogen) atoms. The summed E-state index contributed by atoms with van der Waals surface area (Å²) in [6.07, 6.45) is 3.12. The van der Waals surface area contributed by atoms with E-state index >= 15 is 0 Å². The number of benzene rings is 1. The SMILES string of the molecule is CCNC(=NCc1ccc(N2CCC(CO)CC2)cc1)NCCCOCC(C)C. The van der Waals surface area contributed by atoms with Gasteiger partial charge in [0.2, 0.25) is 0 Å². The Morgan fingerprint density at radius 1 is 1.21 bits per heavy atom. The van der Waals surface area contributed by atoms with E-state index in [-0.39, 0.29) is 0 Å². The number of aliphatic hydroxyl groups excluding tert-OH is 1. The standard InChI is InChI=1S/C23H40N4O2/c1-4-24-23(25-12-5-15-29-18-19(2)3)26-16-20-6-8-22(9-7-20)27-13-10-21(17-28)11-14-27/h6-9,19,21,28H,4-5,10-18H2,1-3H3,(H2,24,25,26). The molecule has 0 amide bonds. The molecule has 1 aromatic carbocycles. The van der Waals surface area contributed by atoms with Crippen LogP contribution in [0, 0.1) is 11.8 Å². The van der Waals surface area contributed by atoms with Gasteiger partial charge < -0.3 is 25.4 Å². The molecule has 6 nitrogen and oxygen atoms in total. The van der Waals surface area contributed by atoms with E-state index in [0.717, 1.165) is 64.6 Å². The van der Waals surface area contributed by atoms with Crippen LogP contribution < -0.4 is 15.5 Å². The van der Waals surface area contributed by atoms with Crippen molar-refractivity contribution >= 4 is 11.6 Å². The Labute approximate surface area is 176 Å². The summed E-state index contributed by atoms with van der Waals surface area (Å²) in [5, 5.41) is 16.0. The van der Waals surface area contributed by atoms with Crippen LogP contribution in [-0.2, 0) is 11.3 Å². The van der Waals surface area contributed by atoms with Crippen LogP contribution in [0.25, 0.3) is 0 Å². The van der Waals surface area contributed by atoms with Gasteiger partial charge in [0, 0.05) is 51.7 Å². The van der Waals surface area contributed by atoms with E-state index in [1.807, 2.05) is 0 Å². The molecule has 0 bridgehead atoms. The minimum absolute atomic E-state index is 0.317. The third kappa shape index (κ3) is 9.05. The molecule has 0 saturated carbocycles. The van der Waals surface area contributed by atoms with Gasteiger partial charge >= 0.3 is 0 Å². The predicted molar refractivity (Wildman–Crippen MR) is 122 cm³/mol. The maximum Gasteiger partial charge on any atom is 0.191 e. The molecule has 1 aliphatic heterocycles. The molecule has 164 valence electrons. The molecule has 1 aliphatic rings. The number of ether oxygens (including phenoxy) is 1. The summed E-state index contributed by atoms with van der Waals surface area (Å²) in [7, 11) is 0. The van der Waals surface area contributed by atoms with Crippen LogP contribution in [0.15, 0.2) is 29.3 Å². The number of aliphatic hydroxyl groups is 1. The van der Waals surface area contributed by atoms with Gasteiger partial charge in [-0.25, -0.2) is 4.99 Å². The fourth-order valence-electron chi connectivity index (χ4n) is 3.40. The second-order valence-electron chi connectivity index (χ2n) is 8.22. The molecule has 0 aromatic heterocycles. The number of hydrogen-bond donors (Lipinski definition) is 3. The molecule has 0 aliphatic carbocycles. The lowest BCUT2D eigenvalue weighted by molar-refractivity contribution is 0.108. The molecule has 0 spiro atoms. The van der Waals surface area contributed by atoms with Crippen LogP contribution in [0.5, 0.6) is 0 Å². The normalized spacial score (nSPS) is 15.8. The van der Waals surface area contributed by atoms with E-state index < -0.39 is 0 Å². The molecule has 1 fully saturated rings. The first-order valence-corrected chi connectivity index (χ1v) is 11.2. The van der Waals surface area contributed by atoms with Gasteiger partial charge in [0.1, 0.15) is 0 Å². The highest BCUT2D eigenvalue weighted by Crippen LogP contribution is 2.23. The van der Waals surface area contributed by atoms with Crippen molar-refractivity contribution in [3.8, 4) is 0 Å². The van der Waals surface area contributed by atoms with E-state index in [1.165, 1.54) is 11.3 Å². The first kappa shape index (κ1) is 23.5. The van der Waals surface area contributed by atoms with Gasteiger partial charge in [-0.1, -0.05) is 26.0 Å². The molecule has 1 saturated heterocycles. The fraction of sp³-hybridized carbons (Fsp3) is 0.696. The van der Waals surface area contributed by atoms with Crippen molar-refractivity contribution in [3.63, 3.8) is 0 Å². The average Bonchev–Trinajstić information content (AvgIpc) is 2.74. The largest absolute Gasteiger partial charge is 0.396 e. The second-order valence-corrected chi connectivity index (χ2v) is 8.22. The van der Waals surface area contributed by atoms with Crippen LogP contribution in [-0.4, -0.2) is 57.1 Å². The van der Waals surface area contributed by atoms with Gasteiger partial charge in [-0.15, -0.1) is 0 Å². The summed E-state index contributed by atoms with van der Waals surface area (Å²) >= 11 is 0. The summed E-state index contributed by atoms with van der Waals surface area (Å²) < 4.78 is 5.62. The van der Waals surface area contributed by atoms with Crippen molar-refractivity contribution in [1.29, 1.82) is 0 Å². The lowest BCUT2D eigenvalue weighted by Gasteiger charge is -2.32. The average molecular weight is 405 g/mol. The minimum atomic E-state index is 0.317. The third-order valence-electron chi connectivity index (χ3n) is 5.15. The van der Waals surface area contributed by atoms with Crippen molar-refractivity contribution < 1.29 is 9.84 Å². The zero-order valence-corrected chi connectivity index (χ0v) is 18.5. The molecular weight excluding hydrogens is 364 g/mol. The third-order valence-corrected chi connectivity index (χ3v) is 5.15. The zero-order valence-electron chi connectivity index (χ0n) is 18.5.